The first-order valence-corrected chi connectivity index (χ1v) is 3.96. The van der Waals surface area contributed by atoms with Crippen LogP contribution in [0, 0.1) is 0 Å². The van der Waals surface area contributed by atoms with Crippen LogP contribution in [0.3, 0.4) is 0 Å². The first-order chi connectivity index (χ1) is 6.25. The molecule has 0 aliphatic rings. The third kappa shape index (κ3) is 2.50. The van der Waals surface area contributed by atoms with Gasteiger partial charge in [0.05, 0.1) is 6.61 Å². The van der Waals surface area contributed by atoms with E-state index in [-0.39, 0.29) is 12.2 Å². The van der Waals surface area contributed by atoms with Crippen LogP contribution in [0.4, 0.5) is 4.39 Å². The highest BCUT2D eigenvalue weighted by Gasteiger charge is 2.20. The maximum absolute atomic E-state index is 13.2. The molecule has 1 heterocycles. The van der Waals surface area contributed by atoms with Gasteiger partial charge in [0.25, 0.3) is 0 Å². The van der Waals surface area contributed by atoms with Crippen LogP contribution in [0.5, 0.6) is 0 Å². The molecule has 0 amide bonds. The number of ether oxygens (including phenoxy) is 1. The summed E-state index contributed by atoms with van der Waals surface area (Å²) in [4.78, 5) is 14.6. The van der Waals surface area contributed by atoms with Crippen molar-refractivity contribution in [3.8, 4) is 0 Å². The molecule has 70 valence electrons. The molecule has 4 heteroatoms. The number of rotatable bonds is 3. The fourth-order valence-corrected chi connectivity index (χ4v) is 0.884. The first-order valence-electron chi connectivity index (χ1n) is 3.96. The third-order valence-corrected chi connectivity index (χ3v) is 1.49. The first kappa shape index (κ1) is 9.64. The normalized spacial score (nSPS) is 12.2. The molecule has 0 bridgehead atoms. The van der Waals surface area contributed by atoms with Gasteiger partial charge in [-0.1, -0.05) is 0 Å². The molecule has 0 N–H and O–H groups in total. The number of hydrogen-bond donors (Lipinski definition) is 0. The van der Waals surface area contributed by atoms with E-state index in [0.29, 0.717) is 0 Å². The lowest BCUT2D eigenvalue weighted by Crippen LogP contribution is -2.11. The molecule has 0 fully saturated rings. The van der Waals surface area contributed by atoms with Gasteiger partial charge in [-0.2, -0.15) is 0 Å². The molecular formula is C9H10FNO2. The summed E-state index contributed by atoms with van der Waals surface area (Å²) in [5.41, 5.74) is 0.272. The second-order valence-electron chi connectivity index (χ2n) is 2.40. The summed E-state index contributed by atoms with van der Waals surface area (Å²) >= 11 is 0. The lowest BCUT2D eigenvalue weighted by molar-refractivity contribution is -0.149. The zero-order chi connectivity index (χ0) is 9.68. The highest BCUT2D eigenvalue weighted by Crippen LogP contribution is 2.17. The Morgan fingerprint density at radius 3 is 2.77 bits per heavy atom. The lowest BCUT2D eigenvalue weighted by atomic mass is 10.2. The molecule has 1 rings (SSSR count). The molecule has 0 saturated carbocycles. The van der Waals surface area contributed by atoms with Gasteiger partial charge >= 0.3 is 5.97 Å². The Kier molecular flexibility index (Phi) is 3.37. The van der Waals surface area contributed by atoms with E-state index in [0.717, 1.165) is 0 Å². The molecule has 0 saturated heterocycles. The van der Waals surface area contributed by atoms with Crippen LogP contribution in [-0.4, -0.2) is 17.6 Å². The summed E-state index contributed by atoms with van der Waals surface area (Å²) in [6.45, 7) is 1.82. The fraction of sp³-hybridized carbons (Fsp3) is 0.333. The third-order valence-electron chi connectivity index (χ3n) is 1.49. The minimum Gasteiger partial charge on any atom is -0.464 e. The van der Waals surface area contributed by atoms with E-state index in [2.05, 4.69) is 9.72 Å². The van der Waals surface area contributed by atoms with Crippen molar-refractivity contribution < 1.29 is 13.9 Å². The van der Waals surface area contributed by atoms with Crippen molar-refractivity contribution in [1.82, 2.24) is 4.98 Å². The number of hydrogen-bond acceptors (Lipinski definition) is 3. The number of aromatic nitrogens is 1. The Morgan fingerprint density at radius 1 is 1.62 bits per heavy atom. The van der Waals surface area contributed by atoms with E-state index in [1.54, 1.807) is 6.92 Å². The molecule has 0 aliphatic heterocycles. The maximum atomic E-state index is 13.2. The number of esters is 1. The van der Waals surface area contributed by atoms with Crippen LogP contribution in [0.2, 0.25) is 0 Å². The van der Waals surface area contributed by atoms with Crippen LogP contribution >= 0.6 is 0 Å². The molecule has 0 aliphatic carbocycles. The summed E-state index contributed by atoms with van der Waals surface area (Å²) < 4.78 is 17.7. The van der Waals surface area contributed by atoms with Gasteiger partial charge in [0.15, 0.2) is 0 Å². The average molecular weight is 183 g/mol. The number of pyridine rings is 1. The van der Waals surface area contributed by atoms with E-state index in [4.69, 9.17) is 0 Å². The number of carbonyl (C=O) groups excluding carboxylic acids is 1. The highest BCUT2D eigenvalue weighted by atomic mass is 19.1. The quantitative estimate of drug-likeness (QED) is 0.669. The van der Waals surface area contributed by atoms with Crippen molar-refractivity contribution in [2.24, 2.45) is 0 Å². The Hall–Kier alpha value is -1.45. The van der Waals surface area contributed by atoms with Crippen LogP contribution in [0.15, 0.2) is 24.5 Å². The van der Waals surface area contributed by atoms with Gasteiger partial charge in [0.2, 0.25) is 6.17 Å². The summed E-state index contributed by atoms with van der Waals surface area (Å²) in [6, 6.07) is 2.89. The molecule has 1 atom stereocenters. The van der Waals surface area contributed by atoms with Crippen molar-refractivity contribution in [3.63, 3.8) is 0 Å². The van der Waals surface area contributed by atoms with Crippen LogP contribution in [0.25, 0.3) is 0 Å². The second-order valence-corrected chi connectivity index (χ2v) is 2.40. The minimum absolute atomic E-state index is 0.185. The Morgan fingerprint density at radius 2 is 2.23 bits per heavy atom. The molecule has 0 spiro atoms. The number of alkyl halides is 1. The lowest BCUT2D eigenvalue weighted by Gasteiger charge is -2.06. The van der Waals surface area contributed by atoms with E-state index in [9.17, 15) is 9.18 Å². The van der Waals surface area contributed by atoms with E-state index in [1.807, 2.05) is 0 Å². The molecule has 13 heavy (non-hydrogen) atoms. The molecule has 1 aromatic rings. The van der Waals surface area contributed by atoms with Gasteiger partial charge < -0.3 is 4.74 Å². The van der Waals surface area contributed by atoms with Gasteiger partial charge in [-0.25, -0.2) is 9.18 Å². The monoisotopic (exact) mass is 183 g/mol. The van der Waals surface area contributed by atoms with E-state index >= 15 is 0 Å². The standard InChI is InChI=1S/C9H10FNO2/c1-2-13-9(12)8(10)7-3-5-11-6-4-7/h3-6,8H,2H2,1H3. The van der Waals surface area contributed by atoms with Crippen molar-refractivity contribution in [2.75, 3.05) is 6.61 Å². The van der Waals surface area contributed by atoms with E-state index < -0.39 is 12.1 Å². The smallest absolute Gasteiger partial charge is 0.345 e. The molecule has 3 nitrogen and oxygen atoms in total. The van der Waals surface area contributed by atoms with Crippen LogP contribution in [0.1, 0.15) is 18.7 Å². The van der Waals surface area contributed by atoms with Gasteiger partial charge in [0, 0.05) is 18.0 Å². The predicted molar refractivity (Wildman–Crippen MR) is 44.7 cm³/mol. The zero-order valence-corrected chi connectivity index (χ0v) is 7.24. The van der Waals surface area contributed by atoms with Gasteiger partial charge in [-0.05, 0) is 19.1 Å². The SMILES string of the molecule is CCOC(=O)C(F)c1ccncc1. The molecule has 0 radical (unpaired) electrons. The highest BCUT2D eigenvalue weighted by molar-refractivity contribution is 5.76. The number of carbonyl (C=O) groups is 1. The van der Waals surface area contributed by atoms with E-state index in [1.165, 1.54) is 24.5 Å². The molecule has 0 aromatic carbocycles. The van der Waals surface area contributed by atoms with Crippen molar-refractivity contribution in [2.45, 2.75) is 13.1 Å². The van der Waals surface area contributed by atoms with Crippen molar-refractivity contribution in [1.29, 1.82) is 0 Å². The number of halogens is 1. The average Bonchev–Trinajstić information content (AvgIpc) is 2.18. The van der Waals surface area contributed by atoms with Gasteiger partial charge in [0.1, 0.15) is 0 Å². The summed E-state index contributed by atoms with van der Waals surface area (Å²) in [6.07, 6.45) is 1.16. The molecule has 1 aromatic heterocycles. The molecule has 1 unspecified atom stereocenters. The van der Waals surface area contributed by atoms with Crippen molar-refractivity contribution in [3.05, 3.63) is 30.1 Å². The number of nitrogens with zero attached hydrogens (tertiary/aromatic N) is 1. The van der Waals surface area contributed by atoms with Crippen LogP contribution in [-0.2, 0) is 9.53 Å². The van der Waals surface area contributed by atoms with Gasteiger partial charge in [-0.3, -0.25) is 4.98 Å². The molecular weight excluding hydrogens is 173 g/mol. The largest absolute Gasteiger partial charge is 0.464 e. The maximum Gasteiger partial charge on any atom is 0.345 e. The Bertz CT molecular complexity index is 276. The fourth-order valence-electron chi connectivity index (χ4n) is 0.884. The summed E-state index contributed by atoms with van der Waals surface area (Å²) in [5, 5.41) is 0. The zero-order valence-electron chi connectivity index (χ0n) is 7.24. The summed E-state index contributed by atoms with van der Waals surface area (Å²) in [5.74, 6) is -0.853. The minimum atomic E-state index is -1.71. The summed E-state index contributed by atoms with van der Waals surface area (Å²) in [7, 11) is 0. The Labute approximate surface area is 75.6 Å². The van der Waals surface area contributed by atoms with Gasteiger partial charge in [-0.15, -0.1) is 0 Å². The topological polar surface area (TPSA) is 39.2 Å². The predicted octanol–water partition coefficient (Wildman–Crippen LogP) is 1.66. The Balaban J connectivity index is 2.68. The van der Waals surface area contributed by atoms with Crippen molar-refractivity contribution >= 4 is 5.97 Å². The second kappa shape index (κ2) is 4.54. The van der Waals surface area contributed by atoms with Crippen LogP contribution < -0.4 is 0 Å².